The lowest BCUT2D eigenvalue weighted by molar-refractivity contribution is 0.0884. The number of para-hydroxylation sites is 1. The predicted molar refractivity (Wildman–Crippen MR) is 108 cm³/mol. The first kappa shape index (κ1) is 17.4. The summed E-state index contributed by atoms with van der Waals surface area (Å²) in [5, 5.41) is 10.1. The normalized spacial score (nSPS) is 17.5. The number of hydrogen-bond donors (Lipinski definition) is 0. The molecule has 1 aliphatic rings. The largest absolute Gasteiger partial charge is 0.290 e. The first-order valence-electron chi connectivity index (χ1n) is 8.86. The Balaban J connectivity index is 1.93. The number of hydrogen-bond acceptors (Lipinski definition) is 3. The monoisotopic (exact) mass is 364 g/mol. The minimum absolute atomic E-state index is 0.374. The smallest absolute Gasteiger partial charge is 0.260 e. The highest BCUT2D eigenvalue weighted by molar-refractivity contribution is 6.20. The Morgan fingerprint density at radius 2 is 1.36 bits per heavy atom. The van der Waals surface area contributed by atoms with Crippen LogP contribution in [0.15, 0.2) is 91.0 Å². The van der Waals surface area contributed by atoms with Crippen LogP contribution in [0.1, 0.15) is 26.3 Å². The summed E-state index contributed by atoms with van der Waals surface area (Å²) < 4.78 is 0. The van der Waals surface area contributed by atoms with E-state index >= 15 is 0 Å². The second-order valence-electron chi connectivity index (χ2n) is 6.47. The molecule has 0 saturated carbocycles. The molecular formula is C24H16N2O2. The Kier molecular flexibility index (Phi) is 4.35. The summed E-state index contributed by atoms with van der Waals surface area (Å²) in [5.41, 5.74) is 0.332. The molecule has 0 bridgehead atoms. The fourth-order valence-corrected chi connectivity index (χ4v) is 3.41. The van der Waals surface area contributed by atoms with Crippen molar-refractivity contribution < 1.29 is 9.59 Å². The summed E-state index contributed by atoms with van der Waals surface area (Å²) in [6, 6.07) is 26.6. The molecule has 1 heterocycles. The van der Waals surface area contributed by atoms with Crippen molar-refractivity contribution in [3.63, 3.8) is 0 Å². The van der Waals surface area contributed by atoms with Crippen LogP contribution < -0.4 is 4.90 Å². The van der Waals surface area contributed by atoms with Crippen molar-refractivity contribution in [1.29, 1.82) is 5.26 Å². The van der Waals surface area contributed by atoms with Gasteiger partial charge in [-0.1, -0.05) is 72.8 Å². The quantitative estimate of drug-likeness (QED) is 0.643. The minimum Gasteiger partial charge on any atom is -0.290 e. The molecule has 0 aromatic heterocycles. The maximum absolute atomic E-state index is 13.5. The number of nitriles is 1. The van der Waals surface area contributed by atoms with Gasteiger partial charge >= 0.3 is 0 Å². The zero-order chi connectivity index (χ0) is 19.6. The lowest BCUT2D eigenvalue weighted by Crippen LogP contribution is -2.56. The van der Waals surface area contributed by atoms with Gasteiger partial charge in [-0.2, -0.15) is 5.26 Å². The number of nitrogens with zero attached hydrogens (tertiary/aromatic N) is 2. The number of Topliss-reactive ketones (excluding diaryl/α,β-unsaturated/α-hetero) is 1. The maximum Gasteiger partial charge on any atom is 0.260 e. The van der Waals surface area contributed by atoms with Gasteiger partial charge in [0, 0.05) is 11.1 Å². The van der Waals surface area contributed by atoms with Crippen molar-refractivity contribution in [3.05, 3.63) is 108 Å². The number of rotatable bonds is 3. The summed E-state index contributed by atoms with van der Waals surface area (Å²) >= 11 is 0. The third kappa shape index (κ3) is 2.70. The van der Waals surface area contributed by atoms with Crippen LogP contribution in [-0.2, 0) is 0 Å². The summed E-state index contributed by atoms with van der Waals surface area (Å²) in [6.07, 6.45) is 3.25. The third-order valence-corrected chi connectivity index (χ3v) is 4.81. The van der Waals surface area contributed by atoms with E-state index in [2.05, 4.69) is 6.07 Å². The molecule has 1 amide bonds. The molecule has 0 saturated heterocycles. The highest BCUT2D eigenvalue weighted by atomic mass is 16.2. The van der Waals surface area contributed by atoms with Gasteiger partial charge in [-0.3, -0.25) is 14.5 Å². The molecule has 3 aromatic carbocycles. The number of carbonyl (C=O) groups is 2. The van der Waals surface area contributed by atoms with Gasteiger partial charge in [0.25, 0.3) is 5.91 Å². The van der Waals surface area contributed by atoms with Crippen molar-refractivity contribution in [1.82, 2.24) is 0 Å². The van der Waals surface area contributed by atoms with Gasteiger partial charge in [0.15, 0.2) is 0 Å². The van der Waals surface area contributed by atoms with Crippen molar-refractivity contribution in [2.75, 3.05) is 4.90 Å². The second-order valence-corrected chi connectivity index (χ2v) is 6.47. The number of carbonyl (C=O) groups excluding carboxylic acids is 2. The molecular weight excluding hydrogens is 348 g/mol. The van der Waals surface area contributed by atoms with E-state index < -0.39 is 17.2 Å². The van der Waals surface area contributed by atoms with E-state index in [1.807, 2.05) is 18.2 Å². The van der Waals surface area contributed by atoms with Gasteiger partial charge in [0.2, 0.25) is 11.3 Å². The van der Waals surface area contributed by atoms with Gasteiger partial charge < -0.3 is 0 Å². The van der Waals surface area contributed by atoms with E-state index in [1.54, 1.807) is 72.8 Å². The summed E-state index contributed by atoms with van der Waals surface area (Å²) in [6.45, 7) is 0. The summed E-state index contributed by atoms with van der Waals surface area (Å²) in [4.78, 5) is 28.2. The highest BCUT2D eigenvalue weighted by Crippen LogP contribution is 2.37. The zero-order valence-electron chi connectivity index (χ0n) is 14.9. The fourth-order valence-electron chi connectivity index (χ4n) is 3.41. The van der Waals surface area contributed by atoms with Crippen molar-refractivity contribution in [2.45, 2.75) is 5.54 Å². The molecule has 4 nitrogen and oxygen atoms in total. The van der Waals surface area contributed by atoms with E-state index in [9.17, 15) is 14.9 Å². The van der Waals surface area contributed by atoms with Gasteiger partial charge in [-0.05, 0) is 29.8 Å². The summed E-state index contributed by atoms with van der Waals surface area (Å²) in [7, 11) is 0. The SMILES string of the molecule is N#C[C@]1(C(=O)c2ccccc2)C=Cc2ccccc2N1C(=O)c1ccccc1. The van der Waals surface area contributed by atoms with Crippen LogP contribution in [0.2, 0.25) is 0 Å². The molecule has 0 N–H and O–H groups in total. The molecule has 4 heteroatoms. The van der Waals surface area contributed by atoms with Crippen LogP contribution in [0.4, 0.5) is 5.69 Å². The Morgan fingerprint density at radius 1 is 0.786 bits per heavy atom. The standard InChI is InChI=1S/C24H16N2O2/c25-17-24(22(27)19-10-3-1-4-11-19)16-15-18-9-7-8-14-21(18)26(24)23(28)20-12-5-2-6-13-20/h1-16H/t24-/m0/s1. The van der Waals surface area contributed by atoms with E-state index in [4.69, 9.17) is 0 Å². The number of benzene rings is 3. The van der Waals surface area contributed by atoms with E-state index in [0.29, 0.717) is 16.8 Å². The molecule has 4 rings (SSSR count). The minimum atomic E-state index is -1.76. The van der Waals surface area contributed by atoms with Crippen LogP contribution in [0.25, 0.3) is 6.08 Å². The van der Waals surface area contributed by atoms with Crippen molar-refractivity contribution in [3.8, 4) is 6.07 Å². The van der Waals surface area contributed by atoms with Crippen LogP contribution in [-0.4, -0.2) is 17.2 Å². The van der Waals surface area contributed by atoms with E-state index in [1.165, 1.54) is 11.0 Å². The predicted octanol–water partition coefficient (Wildman–Crippen LogP) is 4.51. The lowest BCUT2D eigenvalue weighted by Gasteiger charge is -2.39. The first-order chi connectivity index (χ1) is 13.7. The zero-order valence-corrected chi connectivity index (χ0v) is 14.9. The Hall–Kier alpha value is -3.97. The fraction of sp³-hybridized carbons (Fsp3) is 0.0417. The van der Waals surface area contributed by atoms with Crippen LogP contribution in [0, 0.1) is 11.3 Å². The first-order valence-corrected chi connectivity index (χ1v) is 8.86. The van der Waals surface area contributed by atoms with Crippen LogP contribution >= 0.6 is 0 Å². The Morgan fingerprint density at radius 3 is 2.00 bits per heavy atom. The van der Waals surface area contributed by atoms with Crippen LogP contribution in [0.5, 0.6) is 0 Å². The van der Waals surface area contributed by atoms with Gasteiger partial charge in [0.05, 0.1) is 5.69 Å². The maximum atomic E-state index is 13.5. The Bertz CT molecular complexity index is 1110. The average Bonchev–Trinajstić information content (AvgIpc) is 2.78. The van der Waals surface area contributed by atoms with Gasteiger partial charge in [0.1, 0.15) is 6.07 Å². The molecule has 0 unspecified atom stereocenters. The summed E-state index contributed by atoms with van der Waals surface area (Å²) in [5.74, 6) is -0.839. The molecule has 1 atom stereocenters. The highest BCUT2D eigenvalue weighted by Gasteiger charge is 2.48. The molecule has 134 valence electrons. The third-order valence-electron chi connectivity index (χ3n) is 4.81. The topological polar surface area (TPSA) is 61.2 Å². The number of anilines is 1. The molecule has 3 aromatic rings. The molecule has 0 aliphatic carbocycles. The molecule has 28 heavy (non-hydrogen) atoms. The van der Waals surface area contributed by atoms with Crippen LogP contribution in [0.3, 0.4) is 0 Å². The van der Waals surface area contributed by atoms with Gasteiger partial charge in [-0.15, -0.1) is 0 Å². The molecule has 0 radical (unpaired) electrons. The van der Waals surface area contributed by atoms with Crippen molar-refractivity contribution >= 4 is 23.5 Å². The molecule has 0 fully saturated rings. The molecule has 0 spiro atoms. The Labute approximate surface area is 163 Å². The second kappa shape index (κ2) is 6.98. The van der Waals surface area contributed by atoms with Crippen molar-refractivity contribution in [2.24, 2.45) is 0 Å². The number of fused-ring (bicyclic) bond motifs is 1. The lowest BCUT2D eigenvalue weighted by atomic mass is 9.83. The number of amides is 1. The van der Waals surface area contributed by atoms with Gasteiger partial charge in [-0.25, -0.2) is 0 Å². The number of ketones is 1. The average molecular weight is 364 g/mol. The molecule has 1 aliphatic heterocycles. The van der Waals surface area contributed by atoms with E-state index in [0.717, 1.165) is 5.56 Å². The van der Waals surface area contributed by atoms with E-state index in [-0.39, 0.29) is 0 Å².